The lowest BCUT2D eigenvalue weighted by atomic mass is 10.0. The van der Waals surface area contributed by atoms with Gasteiger partial charge >= 0.3 is 0 Å². The number of benzene rings is 1. The van der Waals surface area contributed by atoms with E-state index in [9.17, 15) is 4.79 Å². The number of ether oxygens (including phenoxy) is 1. The molecular weight excluding hydrogens is 166 g/mol. The molecule has 0 N–H and O–H groups in total. The summed E-state index contributed by atoms with van der Waals surface area (Å²) in [4.78, 5) is 11.2. The molecule has 13 heavy (non-hydrogen) atoms. The van der Waals surface area contributed by atoms with Crippen molar-refractivity contribution in [3.05, 3.63) is 29.3 Å². The first kappa shape index (κ1) is 9.27. The van der Waals surface area contributed by atoms with Crippen LogP contribution in [0.15, 0.2) is 18.2 Å². The first-order chi connectivity index (χ1) is 6.20. The molecule has 0 aliphatic carbocycles. The van der Waals surface area contributed by atoms with Crippen molar-refractivity contribution < 1.29 is 9.53 Å². The normalized spacial score (nSPS) is 9.00. The van der Waals surface area contributed by atoms with Crippen LogP contribution in [0.1, 0.15) is 15.9 Å². The number of carbonyl (C=O) groups excluding carboxylic acids is 1. The quantitative estimate of drug-likeness (QED) is 0.507. The second kappa shape index (κ2) is 3.72. The summed E-state index contributed by atoms with van der Waals surface area (Å²) in [6, 6.07) is 6.79. The minimum atomic E-state index is -0.560. The number of methoxy groups -OCH3 is 1. The van der Waals surface area contributed by atoms with Crippen LogP contribution in [-0.2, 0) is 0 Å². The van der Waals surface area contributed by atoms with E-state index in [1.54, 1.807) is 31.2 Å². The van der Waals surface area contributed by atoms with Crippen LogP contribution in [0, 0.1) is 18.3 Å². The van der Waals surface area contributed by atoms with Crippen LogP contribution < -0.4 is 4.74 Å². The predicted octanol–water partition coefficient (Wildman–Crippen LogP) is 1.71. The Morgan fingerprint density at radius 1 is 1.54 bits per heavy atom. The number of hydrogen-bond donors (Lipinski definition) is 0. The summed E-state index contributed by atoms with van der Waals surface area (Å²) in [5.41, 5.74) is 1.11. The van der Waals surface area contributed by atoms with Crippen molar-refractivity contribution in [3.8, 4) is 11.8 Å². The molecule has 0 unspecified atom stereocenters. The molecule has 0 amide bonds. The lowest BCUT2D eigenvalue weighted by Crippen LogP contribution is -2.01. The highest BCUT2D eigenvalue weighted by molar-refractivity contribution is 6.10. The second-order valence-electron chi connectivity index (χ2n) is 2.59. The van der Waals surface area contributed by atoms with Gasteiger partial charge in [0.2, 0.25) is 0 Å². The predicted molar refractivity (Wildman–Crippen MR) is 47.7 cm³/mol. The summed E-state index contributed by atoms with van der Waals surface area (Å²) < 4.78 is 4.98. The molecule has 3 nitrogen and oxygen atoms in total. The summed E-state index contributed by atoms with van der Waals surface area (Å²) in [5, 5.41) is 8.48. The van der Waals surface area contributed by atoms with Crippen molar-refractivity contribution in [3.63, 3.8) is 0 Å². The molecule has 0 heterocycles. The molecule has 0 aliphatic rings. The Morgan fingerprint density at radius 3 is 2.77 bits per heavy atom. The molecule has 0 fully saturated rings. The number of ketones is 1. The van der Waals surface area contributed by atoms with Crippen molar-refractivity contribution in [2.45, 2.75) is 6.92 Å². The molecule has 1 aromatic rings. The topological polar surface area (TPSA) is 50.1 Å². The molecule has 0 spiro atoms. The minimum absolute atomic E-state index is 0.354. The maximum absolute atomic E-state index is 11.2. The fourth-order valence-corrected chi connectivity index (χ4v) is 1.16. The largest absolute Gasteiger partial charge is 0.496 e. The average molecular weight is 175 g/mol. The third-order valence-electron chi connectivity index (χ3n) is 1.78. The minimum Gasteiger partial charge on any atom is -0.496 e. The molecule has 1 rings (SSSR count). The van der Waals surface area contributed by atoms with Crippen LogP contribution >= 0.6 is 0 Å². The number of Topliss-reactive ketones (excluding diaryl/α,β-unsaturated/α-hetero) is 1. The van der Waals surface area contributed by atoms with E-state index in [0.29, 0.717) is 11.3 Å². The summed E-state index contributed by atoms with van der Waals surface area (Å²) in [6.07, 6.45) is 0. The van der Waals surface area contributed by atoms with Crippen molar-refractivity contribution >= 4 is 5.78 Å². The van der Waals surface area contributed by atoms with Gasteiger partial charge in [-0.1, -0.05) is 12.1 Å². The van der Waals surface area contributed by atoms with E-state index in [2.05, 4.69) is 0 Å². The van der Waals surface area contributed by atoms with Gasteiger partial charge in [0.15, 0.2) is 0 Å². The van der Waals surface area contributed by atoms with Crippen LogP contribution in [0.5, 0.6) is 5.75 Å². The van der Waals surface area contributed by atoms with Crippen LogP contribution in [0.3, 0.4) is 0 Å². The monoisotopic (exact) mass is 175 g/mol. The highest BCUT2D eigenvalue weighted by Crippen LogP contribution is 2.21. The number of nitriles is 1. The Hall–Kier alpha value is -1.82. The zero-order valence-electron chi connectivity index (χ0n) is 7.50. The average Bonchev–Trinajstić information content (AvgIpc) is 2.16. The van der Waals surface area contributed by atoms with E-state index in [0.717, 1.165) is 5.56 Å². The number of nitrogens with zero attached hydrogens (tertiary/aromatic N) is 1. The van der Waals surface area contributed by atoms with Crippen LogP contribution in [0.4, 0.5) is 0 Å². The number of rotatable bonds is 2. The van der Waals surface area contributed by atoms with E-state index >= 15 is 0 Å². The smallest absolute Gasteiger partial charge is 0.266 e. The van der Waals surface area contributed by atoms with Gasteiger partial charge in [0.25, 0.3) is 5.78 Å². The van der Waals surface area contributed by atoms with Crippen LogP contribution in [-0.4, -0.2) is 12.9 Å². The molecule has 0 saturated heterocycles. The van der Waals surface area contributed by atoms with Crippen molar-refractivity contribution in [2.24, 2.45) is 0 Å². The third-order valence-corrected chi connectivity index (χ3v) is 1.78. The summed E-state index contributed by atoms with van der Waals surface area (Å²) in [5.74, 6) is -0.110. The summed E-state index contributed by atoms with van der Waals surface area (Å²) >= 11 is 0. The molecule has 1 aromatic carbocycles. The molecule has 66 valence electrons. The Labute approximate surface area is 76.6 Å². The molecule has 0 atom stereocenters. The lowest BCUT2D eigenvalue weighted by Gasteiger charge is -2.06. The highest BCUT2D eigenvalue weighted by atomic mass is 16.5. The van der Waals surface area contributed by atoms with E-state index in [1.807, 2.05) is 0 Å². The molecule has 0 radical (unpaired) electrons. The van der Waals surface area contributed by atoms with Crippen LogP contribution in [0.2, 0.25) is 0 Å². The first-order valence-electron chi connectivity index (χ1n) is 3.78. The van der Waals surface area contributed by atoms with Gasteiger partial charge in [-0.2, -0.15) is 5.26 Å². The zero-order valence-corrected chi connectivity index (χ0v) is 7.50. The number of carbonyl (C=O) groups is 1. The molecule has 0 bridgehead atoms. The van der Waals surface area contributed by atoms with E-state index < -0.39 is 5.78 Å². The Morgan fingerprint density at radius 2 is 2.23 bits per heavy atom. The summed E-state index contributed by atoms with van der Waals surface area (Å²) in [7, 11) is 1.48. The van der Waals surface area contributed by atoms with E-state index in [4.69, 9.17) is 10.00 Å². The maximum Gasteiger partial charge on any atom is 0.266 e. The van der Waals surface area contributed by atoms with Crippen molar-refractivity contribution in [1.29, 1.82) is 5.26 Å². The number of hydrogen-bond acceptors (Lipinski definition) is 3. The SMILES string of the molecule is COc1cccc(C)c1C(=O)C#N. The van der Waals surface area contributed by atoms with Gasteiger partial charge in [0.1, 0.15) is 11.8 Å². The van der Waals surface area contributed by atoms with Gasteiger partial charge in [-0.05, 0) is 18.6 Å². The lowest BCUT2D eigenvalue weighted by molar-refractivity contribution is 0.105. The molecule has 0 aliphatic heterocycles. The summed E-state index contributed by atoms with van der Waals surface area (Å²) in [6.45, 7) is 1.77. The van der Waals surface area contributed by atoms with E-state index in [-0.39, 0.29) is 0 Å². The standard InChI is InChI=1S/C10H9NO2/c1-7-4-3-5-9(13-2)10(7)8(12)6-11/h3-5H,1-2H3. The third kappa shape index (κ3) is 1.67. The van der Waals surface area contributed by atoms with Gasteiger partial charge in [0, 0.05) is 0 Å². The Balaban J connectivity index is 3.33. The molecule has 3 heteroatoms. The number of aryl methyl sites for hydroxylation is 1. The van der Waals surface area contributed by atoms with Gasteiger partial charge in [0.05, 0.1) is 12.7 Å². The van der Waals surface area contributed by atoms with Gasteiger partial charge in [-0.15, -0.1) is 0 Å². The van der Waals surface area contributed by atoms with Crippen LogP contribution in [0.25, 0.3) is 0 Å². The Bertz CT molecular complexity index is 377. The second-order valence-corrected chi connectivity index (χ2v) is 2.59. The van der Waals surface area contributed by atoms with Gasteiger partial charge < -0.3 is 4.74 Å². The maximum atomic E-state index is 11.2. The fraction of sp³-hybridized carbons (Fsp3) is 0.200. The van der Waals surface area contributed by atoms with Gasteiger partial charge in [-0.25, -0.2) is 0 Å². The Kier molecular flexibility index (Phi) is 2.65. The fourth-order valence-electron chi connectivity index (χ4n) is 1.16. The molecular formula is C10H9NO2. The molecule has 0 aromatic heterocycles. The zero-order chi connectivity index (χ0) is 9.84. The first-order valence-corrected chi connectivity index (χ1v) is 3.78. The van der Waals surface area contributed by atoms with Crippen molar-refractivity contribution in [2.75, 3.05) is 7.11 Å². The van der Waals surface area contributed by atoms with Crippen molar-refractivity contribution in [1.82, 2.24) is 0 Å². The van der Waals surface area contributed by atoms with E-state index in [1.165, 1.54) is 7.11 Å². The van der Waals surface area contributed by atoms with Gasteiger partial charge in [-0.3, -0.25) is 4.79 Å². The molecule has 0 saturated carbocycles. The highest BCUT2D eigenvalue weighted by Gasteiger charge is 2.13.